The van der Waals surface area contributed by atoms with E-state index in [1.165, 1.54) is 5.56 Å². The Morgan fingerprint density at radius 3 is 1.60 bits per heavy atom. The SMILES string of the molecule is c1ccc(-c2ccc(-c3cc(-c4ccccc4)nc(-n4c5cccc6oc7ccccc7c7cc(-c8ccccc8)cc4c7c65)n3)cc2)cc1. The van der Waals surface area contributed by atoms with Crippen molar-refractivity contribution in [3.8, 4) is 50.7 Å². The minimum Gasteiger partial charge on any atom is -0.456 e. The average Bonchev–Trinajstić information content (AvgIpc) is 3.46. The van der Waals surface area contributed by atoms with E-state index in [9.17, 15) is 0 Å². The fourth-order valence-corrected chi connectivity index (χ4v) is 7.26. The van der Waals surface area contributed by atoms with Gasteiger partial charge in [-0.2, -0.15) is 0 Å². The molecule has 0 unspecified atom stereocenters. The molecule has 0 spiro atoms. The van der Waals surface area contributed by atoms with Crippen LogP contribution in [0.1, 0.15) is 0 Å². The van der Waals surface area contributed by atoms with E-state index in [4.69, 9.17) is 14.4 Å². The van der Waals surface area contributed by atoms with E-state index in [1.807, 2.05) is 18.2 Å². The molecule has 10 rings (SSSR count). The summed E-state index contributed by atoms with van der Waals surface area (Å²) in [5.74, 6) is 0.607. The molecule has 0 fully saturated rings. The zero-order chi connectivity index (χ0) is 33.0. The number of nitrogens with zero attached hydrogens (tertiary/aromatic N) is 3. The number of fused-ring (bicyclic) bond motifs is 2. The van der Waals surface area contributed by atoms with Gasteiger partial charge in [0.15, 0.2) is 0 Å². The molecule has 50 heavy (non-hydrogen) atoms. The minimum absolute atomic E-state index is 0.607. The largest absolute Gasteiger partial charge is 0.456 e. The van der Waals surface area contributed by atoms with Crippen molar-refractivity contribution in [1.82, 2.24) is 14.5 Å². The lowest BCUT2D eigenvalue weighted by Gasteiger charge is -2.13. The van der Waals surface area contributed by atoms with Crippen LogP contribution < -0.4 is 0 Å². The maximum atomic E-state index is 6.70. The zero-order valence-electron chi connectivity index (χ0n) is 27.0. The van der Waals surface area contributed by atoms with Crippen molar-refractivity contribution in [2.45, 2.75) is 0 Å². The molecule has 3 aromatic heterocycles. The van der Waals surface area contributed by atoms with E-state index in [0.717, 1.165) is 82.9 Å². The van der Waals surface area contributed by atoms with Gasteiger partial charge in [0.05, 0.1) is 27.8 Å². The van der Waals surface area contributed by atoms with Crippen LogP contribution in [0.2, 0.25) is 0 Å². The third-order valence-electron chi connectivity index (χ3n) is 9.63. The van der Waals surface area contributed by atoms with Crippen molar-refractivity contribution in [1.29, 1.82) is 0 Å². The molecule has 0 bridgehead atoms. The summed E-state index contributed by atoms with van der Waals surface area (Å²) < 4.78 is 8.91. The molecular weight excluding hydrogens is 611 g/mol. The molecule has 0 radical (unpaired) electrons. The summed E-state index contributed by atoms with van der Waals surface area (Å²) in [4.78, 5) is 10.6. The highest BCUT2D eigenvalue weighted by Gasteiger charge is 2.22. The van der Waals surface area contributed by atoms with E-state index >= 15 is 0 Å². The smallest absolute Gasteiger partial charge is 0.235 e. The topological polar surface area (TPSA) is 43.9 Å². The van der Waals surface area contributed by atoms with Gasteiger partial charge in [-0.3, -0.25) is 4.57 Å². The second-order valence-electron chi connectivity index (χ2n) is 12.6. The average molecular weight is 640 g/mol. The number of para-hydroxylation sites is 1. The molecule has 0 aliphatic heterocycles. The van der Waals surface area contributed by atoms with Gasteiger partial charge < -0.3 is 4.42 Å². The highest BCUT2D eigenvalue weighted by Crippen LogP contribution is 2.43. The first-order chi connectivity index (χ1) is 24.8. The summed E-state index contributed by atoms with van der Waals surface area (Å²) >= 11 is 0. The Kier molecular flexibility index (Phi) is 6.46. The van der Waals surface area contributed by atoms with Gasteiger partial charge in [-0.25, -0.2) is 9.97 Å². The van der Waals surface area contributed by atoms with Crippen molar-refractivity contribution < 1.29 is 4.42 Å². The van der Waals surface area contributed by atoms with E-state index in [2.05, 4.69) is 162 Å². The first-order valence-corrected chi connectivity index (χ1v) is 16.8. The molecule has 0 aliphatic carbocycles. The monoisotopic (exact) mass is 639 g/mol. The molecule has 3 heterocycles. The van der Waals surface area contributed by atoms with Crippen LogP contribution in [0.5, 0.6) is 0 Å². The number of benzene rings is 7. The normalized spacial score (nSPS) is 11.6. The van der Waals surface area contributed by atoms with Gasteiger partial charge in [0.25, 0.3) is 0 Å². The number of aromatic nitrogens is 3. The fourth-order valence-electron chi connectivity index (χ4n) is 7.26. The molecule has 0 N–H and O–H groups in total. The van der Waals surface area contributed by atoms with E-state index in [1.54, 1.807) is 0 Å². The van der Waals surface area contributed by atoms with Crippen LogP contribution in [0.15, 0.2) is 180 Å². The third-order valence-corrected chi connectivity index (χ3v) is 9.63. The lowest BCUT2D eigenvalue weighted by atomic mass is 9.98. The molecule has 4 heteroatoms. The summed E-state index contributed by atoms with van der Waals surface area (Å²) in [6.07, 6.45) is 0. The van der Waals surface area contributed by atoms with Gasteiger partial charge in [0.1, 0.15) is 11.2 Å². The highest BCUT2D eigenvalue weighted by atomic mass is 16.3. The molecule has 0 saturated heterocycles. The quantitative estimate of drug-likeness (QED) is 0.188. The molecule has 0 aliphatic rings. The Morgan fingerprint density at radius 1 is 0.360 bits per heavy atom. The predicted octanol–water partition coefficient (Wildman–Crippen LogP) is 12.1. The third kappa shape index (κ3) is 4.61. The van der Waals surface area contributed by atoms with E-state index in [-0.39, 0.29) is 0 Å². The Hall–Kier alpha value is -6.78. The Morgan fingerprint density at radius 2 is 0.900 bits per heavy atom. The summed E-state index contributed by atoms with van der Waals surface area (Å²) in [5.41, 5.74) is 12.1. The number of hydrogen-bond acceptors (Lipinski definition) is 3. The second-order valence-corrected chi connectivity index (χ2v) is 12.6. The van der Waals surface area contributed by atoms with Gasteiger partial charge in [-0.05, 0) is 64.0 Å². The van der Waals surface area contributed by atoms with Crippen molar-refractivity contribution in [3.05, 3.63) is 176 Å². The molecule has 10 aromatic rings. The van der Waals surface area contributed by atoms with Crippen LogP contribution in [-0.2, 0) is 0 Å². The number of hydrogen-bond donors (Lipinski definition) is 0. The molecule has 4 nitrogen and oxygen atoms in total. The predicted molar refractivity (Wildman–Crippen MR) is 205 cm³/mol. The van der Waals surface area contributed by atoms with Crippen LogP contribution in [0.3, 0.4) is 0 Å². The van der Waals surface area contributed by atoms with Crippen molar-refractivity contribution in [3.63, 3.8) is 0 Å². The Labute approximate surface area is 288 Å². The van der Waals surface area contributed by atoms with Crippen LogP contribution in [-0.4, -0.2) is 14.5 Å². The van der Waals surface area contributed by atoms with Crippen LogP contribution in [0.4, 0.5) is 0 Å². The van der Waals surface area contributed by atoms with Crippen LogP contribution in [0.25, 0.3) is 94.5 Å². The minimum atomic E-state index is 0.607. The molecule has 0 atom stereocenters. The number of rotatable bonds is 5. The lowest BCUT2D eigenvalue weighted by molar-refractivity contribution is 0.664. The van der Waals surface area contributed by atoms with Crippen molar-refractivity contribution in [2.24, 2.45) is 0 Å². The fraction of sp³-hybridized carbons (Fsp3) is 0. The zero-order valence-corrected chi connectivity index (χ0v) is 27.0. The maximum Gasteiger partial charge on any atom is 0.235 e. The summed E-state index contributed by atoms with van der Waals surface area (Å²) in [6, 6.07) is 61.3. The van der Waals surface area contributed by atoms with Crippen molar-refractivity contribution in [2.75, 3.05) is 0 Å². The molecule has 7 aromatic carbocycles. The molecular formula is C46H29N3O. The molecule has 0 saturated carbocycles. The van der Waals surface area contributed by atoms with Crippen LogP contribution in [0, 0.1) is 0 Å². The first kappa shape index (κ1) is 28.3. The Bertz CT molecular complexity index is 2840. The van der Waals surface area contributed by atoms with E-state index < -0.39 is 0 Å². The Balaban J connectivity index is 1.29. The summed E-state index contributed by atoms with van der Waals surface area (Å²) in [6.45, 7) is 0. The first-order valence-electron chi connectivity index (χ1n) is 16.8. The van der Waals surface area contributed by atoms with Crippen LogP contribution >= 0.6 is 0 Å². The van der Waals surface area contributed by atoms with Gasteiger partial charge in [-0.1, -0.05) is 140 Å². The van der Waals surface area contributed by atoms with Gasteiger partial charge >= 0.3 is 0 Å². The summed E-state index contributed by atoms with van der Waals surface area (Å²) in [5, 5.41) is 4.36. The van der Waals surface area contributed by atoms with Gasteiger partial charge in [0.2, 0.25) is 5.95 Å². The summed E-state index contributed by atoms with van der Waals surface area (Å²) in [7, 11) is 0. The van der Waals surface area contributed by atoms with Gasteiger partial charge in [0, 0.05) is 21.9 Å². The maximum absolute atomic E-state index is 6.70. The molecule has 0 amide bonds. The van der Waals surface area contributed by atoms with E-state index in [0.29, 0.717) is 5.95 Å². The standard InChI is InChI=1S/C46H29N3O/c1-4-13-30(14-5-1)32-23-25-34(26-24-32)39-29-38(33-17-8-3-9-18-33)47-46(48-39)49-40-20-12-22-43-45(40)44-37(36-19-10-11-21-42(36)50-43)27-35(28-41(44)49)31-15-6-2-7-16-31/h1-29H. The van der Waals surface area contributed by atoms with Crippen molar-refractivity contribution >= 4 is 43.7 Å². The van der Waals surface area contributed by atoms with Gasteiger partial charge in [-0.15, -0.1) is 0 Å². The lowest BCUT2D eigenvalue weighted by Crippen LogP contribution is -2.04. The molecule has 234 valence electrons. The second kappa shape index (κ2) is 11.4. The highest BCUT2D eigenvalue weighted by molar-refractivity contribution is 6.27.